The van der Waals surface area contributed by atoms with Crippen LogP contribution in [0.2, 0.25) is 0 Å². The molecule has 1 heterocycles. The molecule has 2 rings (SSSR count). The molecule has 1 fully saturated rings. The molecular formula is C14H15BrN2O2. The molecule has 0 aromatic heterocycles. The molecule has 1 aromatic carbocycles. The van der Waals surface area contributed by atoms with Crippen LogP contribution in [-0.4, -0.2) is 29.8 Å². The van der Waals surface area contributed by atoms with Gasteiger partial charge in [0.05, 0.1) is 5.92 Å². The number of hydrogen-bond donors (Lipinski definition) is 1. The summed E-state index contributed by atoms with van der Waals surface area (Å²) in [6, 6.07) is 7.67. The highest BCUT2D eigenvalue weighted by atomic mass is 79.9. The Morgan fingerprint density at radius 1 is 1.37 bits per heavy atom. The Hall–Kier alpha value is -1.62. The number of amides is 2. The monoisotopic (exact) mass is 322 g/mol. The molecule has 2 N–H and O–H groups in total. The van der Waals surface area contributed by atoms with E-state index in [2.05, 4.69) is 15.9 Å². The van der Waals surface area contributed by atoms with E-state index in [4.69, 9.17) is 5.73 Å². The van der Waals surface area contributed by atoms with Crippen LogP contribution in [0.3, 0.4) is 0 Å². The Bertz CT molecular complexity index is 528. The third-order valence-electron chi connectivity index (χ3n) is 3.21. The first-order valence-electron chi connectivity index (χ1n) is 6.09. The standard InChI is InChI=1S/C14H15BrN2O2/c15-12-4-2-1-3-10(12)5-6-13(18)17-8-7-11(9-17)14(16)19/h1-6,11H,7-9H2,(H2,16,19)/b6-5-/t11-/m1/s1. The molecule has 0 spiro atoms. The SMILES string of the molecule is NC(=O)[C@@H]1CCN(C(=O)/C=C\c2ccccc2Br)C1. The van der Waals surface area contributed by atoms with Crippen LogP contribution in [0.4, 0.5) is 0 Å². The zero-order valence-corrected chi connectivity index (χ0v) is 12.0. The summed E-state index contributed by atoms with van der Waals surface area (Å²) in [7, 11) is 0. The third kappa shape index (κ3) is 3.44. The van der Waals surface area contributed by atoms with Crippen LogP contribution in [0.15, 0.2) is 34.8 Å². The molecule has 5 heteroatoms. The molecular weight excluding hydrogens is 308 g/mol. The van der Waals surface area contributed by atoms with Gasteiger partial charge >= 0.3 is 0 Å². The van der Waals surface area contributed by atoms with Crippen molar-refractivity contribution in [1.29, 1.82) is 0 Å². The fourth-order valence-electron chi connectivity index (χ4n) is 2.07. The Morgan fingerprint density at radius 2 is 2.11 bits per heavy atom. The fourth-order valence-corrected chi connectivity index (χ4v) is 2.49. The minimum absolute atomic E-state index is 0.0838. The number of likely N-dealkylation sites (tertiary alicyclic amines) is 1. The normalized spacial score (nSPS) is 19.0. The Morgan fingerprint density at radius 3 is 2.74 bits per heavy atom. The van der Waals surface area contributed by atoms with Gasteiger partial charge in [-0.1, -0.05) is 34.1 Å². The predicted octanol–water partition coefficient (Wildman–Crippen LogP) is 1.80. The number of nitrogens with zero attached hydrogens (tertiary/aromatic N) is 1. The van der Waals surface area contributed by atoms with E-state index in [0.717, 1.165) is 10.0 Å². The lowest BCUT2D eigenvalue weighted by atomic mass is 10.1. The van der Waals surface area contributed by atoms with Crippen molar-refractivity contribution in [3.63, 3.8) is 0 Å². The van der Waals surface area contributed by atoms with Crippen molar-refractivity contribution in [2.24, 2.45) is 11.7 Å². The number of carbonyl (C=O) groups is 2. The number of halogens is 1. The second kappa shape index (κ2) is 6.02. The van der Waals surface area contributed by atoms with Crippen molar-refractivity contribution in [1.82, 2.24) is 4.90 Å². The first-order valence-corrected chi connectivity index (χ1v) is 6.88. The lowest BCUT2D eigenvalue weighted by Crippen LogP contribution is -2.30. The second-order valence-electron chi connectivity index (χ2n) is 4.53. The highest BCUT2D eigenvalue weighted by Crippen LogP contribution is 2.19. The summed E-state index contributed by atoms with van der Waals surface area (Å²) < 4.78 is 0.940. The zero-order chi connectivity index (χ0) is 13.8. The smallest absolute Gasteiger partial charge is 0.246 e. The number of hydrogen-bond acceptors (Lipinski definition) is 2. The van der Waals surface area contributed by atoms with Crippen molar-refractivity contribution < 1.29 is 9.59 Å². The van der Waals surface area contributed by atoms with Gasteiger partial charge < -0.3 is 10.6 Å². The summed E-state index contributed by atoms with van der Waals surface area (Å²) in [5.74, 6) is -0.620. The van der Waals surface area contributed by atoms with Gasteiger partial charge in [-0.05, 0) is 24.1 Å². The summed E-state index contributed by atoms with van der Waals surface area (Å²) in [4.78, 5) is 24.7. The van der Waals surface area contributed by atoms with Crippen LogP contribution >= 0.6 is 15.9 Å². The molecule has 1 aliphatic rings. The molecule has 0 saturated carbocycles. The van der Waals surface area contributed by atoms with Gasteiger partial charge in [0, 0.05) is 23.6 Å². The van der Waals surface area contributed by atoms with Crippen LogP contribution in [0.1, 0.15) is 12.0 Å². The molecule has 2 amide bonds. The molecule has 100 valence electrons. The van der Waals surface area contributed by atoms with Crippen molar-refractivity contribution >= 4 is 33.8 Å². The average molecular weight is 323 g/mol. The highest BCUT2D eigenvalue weighted by molar-refractivity contribution is 9.10. The number of rotatable bonds is 3. The van der Waals surface area contributed by atoms with Crippen LogP contribution in [0.25, 0.3) is 6.08 Å². The van der Waals surface area contributed by atoms with Crippen molar-refractivity contribution in [3.05, 3.63) is 40.4 Å². The van der Waals surface area contributed by atoms with Crippen molar-refractivity contribution in [2.75, 3.05) is 13.1 Å². The van der Waals surface area contributed by atoms with Gasteiger partial charge in [0.25, 0.3) is 0 Å². The molecule has 0 unspecified atom stereocenters. The van der Waals surface area contributed by atoms with Crippen LogP contribution in [0.5, 0.6) is 0 Å². The lowest BCUT2D eigenvalue weighted by molar-refractivity contribution is -0.125. The van der Waals surface area contributed by atoms with E-state index >= 15 is 0 Å². The Labute approximate surface area is 120 Å². The minimum Gasteiger partial charge on any atom is -0.369 e. The molecule has 0 bridgehead atoms. The molecule has 1 aliphatic heterocycles. The van der Waals surface area contributed by atoms with E-state index in [1.807, 2.05) is 24.3 Å². The largest absolute Gasteiger partial charge is 0.369 e. The van der Waals surface area contributed by atoms with E-state index in [1.54, 1.807) is 11.0 Å². The summed E-state index contributed by atoms with van der Waals surface area (Å²) in [5.41, 5.74) is 6.19. The van der Waals surface area contributed by atoms with E-state index < -0.39 is 0 Å². The average Bonchev–Trinajstić information content (AvgIpc) is 2.87. The topological polar surface area (TPSA) is 63.4 Å². The number of carbonyl (C=O) groups excluding carboxylic acids is 2. The number of nitrogens with two attached hydrogens (primary N) is 1. The summed E-state index contributed by atoms with van der Waals surface area (Å²) >= 11 is 3.42. The molecule has 0 aliphatic carbocycles. The molecule has 1 saturated heterocycles. The summed E-state index contributed by atoms with van der Waals surface area (Å²) in [6.45, 7) is 1.02. The zero-order valence-electron chi connectivity index (χ0n) is 10.4. The quantitative estimate of drug-likeness (QED) is 0.862. The molecule has 0 radical (unpaired) electrons. The van der Waals surface area contributed by atoms with Gasteiger partial charge in [0.1, 0.15) is 0 Å². The molecule has 19 heavy (non-hydrogen) atoms. The van der Waals surface area contributed by atoms with E-state index in [9.17, 15) is 9.59 Å². The predicted molar refractivity (Wildman–Crippen MR) is 77.1 cm³/mol. The molecule has 1 aromatic rings. The highest BCUT2D eigenvalue weighted by Gasteiger charge is 2.28. The number of primary amides is 1. The van der Waals surface area contributed by atoms with Crippen LogP contribution < -0.4 is 5.73 Å². The van der Waals surface area contributed by atoms with E-state index in [-0.39, 0.29) is 17.7 Å². The van der Waals surface area contributed by atoms with Crippen LogP contribution in [0, 0.1) is 5.92 Å². The minimum atomic E-state index is -0.329. The number of benzene rings is 1. The van der Waals surface area contributed by atoms with E-state index in [0.29, 0.717) is 19.5 Å². The fraction of sp³-hybridized carbons (Fsp3) is 0.286. The third-order valence-corrected chi connectivity index (χ3v) is 3.94. The van der Waals surface area contributed by atoms with Gasteiger partial charge in [-0.15, -0.1) is 0 Å². The first-order chi connectivity index (χ1) is 9.08. The van der Waals surface area contributed by atoms with Gasteiger partial charge in [-0.25, -0.2) is 0 Å². The van der Waals surface area contributed by atoms with Crippen molar-refractivity contribution in [2.45, 2.75) is 6.42 Å². The molecule has 1 atom stereocenters. The summed E-state index contributed by atoms with van der Waals surface area (Å²) in [5, 5.41) is 0. The first kappa shape index (κ1) is 13.8. The van der Waals surface area contributed by atoms with Gasteiger partial charge in [-0.3, -0.25) is 9.59 Å². The van der Waals surface area contributed by atoms with Gasteiger partial charge in [-0.2, -0.15) is 0 Å². The second-order valence-corrected chi connectivity index (χ2v) is 5.38. The Balaban J connectivity index is 1.99. The van der Waals surface area contributed by atoms with Crippen molar-refractivity contribution in [3.8, 4) is 0 Å². The van der Waals surface area contributed by atoms with Crippen LogP contribution in [-0.2, 0) is 9.59 Å². The van der Waals surface area contributed by atoms with Gasteiger partial charge in [0.2, 0.25) is 11.8 Å². The van der Waals surface area contributed by atoms with E-state index in [1.165, 1.54) is 6.08 Å². The maximum atomic E-state index is 12.0. The van der Waals surface area contributed by atoms with Gasteiger partial charge in [0.15, 0.2) is 0 Å². The Kier molecular flexibility index (Phi) is 4.37. The maximum Gasteiger partial charge on any atom is 0.246 e. The maximum absolute atomic E-state index is 12.0. The lowest BCUT2D eigenvalue weighted by Gasteiger charge is -2.13. The summed E-state index contributed by atoms with van der Waals surface area (Å²) in [6.07, 6.45) is 3.96. The molecule has 4 nitrogen and oxygen atoms in total.